The molecule has 7 nitrogen and oxygen atoms in total. The third-order valence-electron chi connectivity index (χ3n) is 5.44. The molecule has 34 heavy (non-hydrogen) atoms. The average molecular weight is 466 g/mol. The van der Waals surface area contributed by atoms with E-state index in [1.165, 1.54) is 11.8 Å². The van der Waals surface area contributed by atoms with Crippen LogP contribution in [0.25, 0.3) is 5.76 Å². The summed E-state index contributed by atoms with van der Waals surface area (Å²) in [6.07, 6.45) is 1.56. The molecule has 1 aliphatic rings. The number of carbonyl (C=O) groups excluding carboxylic acids is 3. The molecule has 1 amide bonds. The summed E-state index contributed by atoms with van der Waals surface area (Å²) in [7, 11) is 0. The summed E-state index contributed by atoms with van der Waals surface area (Å²) < 4.78 is 10.9. The number of nitrogens with zero attached hydrogens (tertiary/aromatic N) is 1. The fourth-order valence-electron chi connectivity index (χ4n) is 3.82. The number of ketones is 1. The number of likely N-dealkylation sites (tertiary alicyclic amines) is 1. The van der Waals surface area contributed by atoms with Crippen molar-refractivity contribution in [1.29, 1.82) is 0 Å². The molecule has 0 aliphatic carbocycles. The van der Waals surface area contributed by atoms with E-state index in [9.17, 15) is 19.5 Å². The third kappa shape index (κ3) is 5.65. The molecule has 2 aromatic carbocycles. The minimum Gasteiger partial charge on any atom is -0.507 e. The lowest BCUT2D eigenvalue weighted by Gasteiger charge is -2.25. The maximum absolute atomic E-state index is 13.1. The second kappa shape index (κ2) is 11.0. The van der Waals surface area contributed by atoms with Crippen molar-refractivity contribution >= 4 is 23.4 Å². The molecule has 1 saturated heterocycles. The van der Waals surface area contributed by atoms with Crippen LogP contribution in [-0.4, -0.2) is 40.8 Å². The number of carbonyl (C=O) groups is 3. The highest BCUT2D eigenvalue weighted by Gasteiger charge is 2.45. The summed E-state index contributed by atoms with van der Waals surface area (Å²) in [6, 6.07) is 12.7. The number of esters is 1. The van der Waals surface area contributed by atoms with E-state index in [2.05, 4.69) is 0 Å². The molecular formula is C27H31NO6. The van der Waals surface area contributed by atoms with Crippen molar-refractivity contribution in [2.24, 2.45) is 5.92 Å². The van der Waals surface area contributed by atoms with Gasteiger partial charge in [-0.2, -0.15) is 0 Å². The van der Waals surface area contributed by atoms with Gasteiger partial charge in [-0.3, -0.25) is 14.4 Å². The summed E-state index contributed by atoms with van der Waals surface area (Å²) in [5.41, 5.74) is 1.07. The number of rotatable bonds is 9. The number of aliphatic hydroxyl groups is 1. The Morgan fingerprint density at radius 1 is 1.09 bits per heavy atom. The summed E-state index contributed by atoms with van der Waals surface area (Å²) in [5, 5.41) is 11.2. The largest absolute Gasteiger partial charge is 0.507 e. The topological polar surface area (TPSA) is 93.1 Å². The second-order valence-electron chi connectivity index (χ2n) is 8.74. The van der Waals surface area contributed by atoms with Crippen LogP contribution in [0.2, 0.25) is 0 Å². The molecule has 1 unspecified atom stereocenters. The van der Waals surface area contributed by atoms with Gasteiger partial charge in [0.1, 0.15) is 17.3 Å². The number of ether oxygens (including phenoxy) is 2. The maximum atomic E-state index is 13.1. The molecule has 0 aromatic heterocycles. The zero-order chi connectivity index (χ0) is 24.8. The molecule has 0 spiro atoms. The highest BCUT2D eigenvalue weighted by molar-refractivity contribution is 6.46. The molecule has 3 rings (SSSR count). The molecule has 1 heterocycles. The van der Waals surface area contributed by atoms with Crippen LogP contribution in [0.4, 0.5) is 0 Å². The van der Waals surface area contributed by atoms with E-state index in [0.29, 0.717) is 48.1 Å². The number of benzene rings is 2. The molecule has 2 aromatic rings. The molecule has 0 bridgehead atoms. The Morgan fingerprint density at radius 3 is 2.41 bits per heavy atom. The predicted molar refractivity (Wildman–Crippen MR) is 128 cm³/mol. The van der Waals surface area contributed by atoms with Crippen molar-refractivity contribution in [3.63, 3.8) is 0 Å². The Labute approximate surface area is 200 Å². The number of hydrogen-bond donors (Lipinski definition) is 1. The van der Waals surface area contributed by atoms with Crippen LogP contribution in [0.1, 0.15) is 57.7 Å². The van der Waals surface area contributed by atoms with Crippen LogP contribution in [-0.2, 0) is 14.4 Å². The lowest BCUT2D eigenvalue weighted by atomic mass is 9.95. The normalized spacial score (nSPS) is 17.3. The fourth-order valence-corrected chi connectivity index (χ4v) is 3.82. The van der Waals surface area contributed by atoms with Crippen molar-refractivity contribution in [3.05, 3.63) is 65.2 Å². The molecule has 0 radical (unpaired) electrons. The Kier molecular flexibility index (Phi) is 8.10. The van der Waals surface area contributed by atoms with E-state index in [1.54, 1.807) is 48.5 Å². The zero-order valence-electron chi connectivity index (χ0n) is 20.0. The standard InChI is InChI=1S/C27H31NO6/c1-5-6-14-28-24(19-10-12-21(13-11-19)34-18(4)29)23(26(31)27(28)32)25(30)20-8-7-9-22(15-20)33-16-17(2)3/h7-13,15,17,24,30H,5-6,14,16H2,1-4H3/b25-23-. The fraction of sp³-hybridized carbons (Fsp3) is 0.370. The molecule has 1 atom stereocenters. The molecule has 1 N–H and O–H groups in total. The van der Waals surface area contributed by atoms with Crippen LogP contribution >= 0.6 is 0 Å². The smallest absolute Gasteiger partial charge is 0.308 e. The SMILES string of the molecule is CCCCN1C(=O)C(=O)/C(=C(\O)c2cccc(OCC(C)C)c2)C1c1ccc(OC(C)=O)cc1. The van der Waals surface area contributed by atoms with Gasteiger partial charge in [0.25, 0.3) is 11.7 Å². The van der Waals surface area contributed by atoms with Crippen LogP contribution in [0.3, 0.4) is 0 Å². The van der Waals surface area contributed by atoms with E-state index in [1.807, 2.05) is 20.8 Å². The van der Waals surface area contributed by atoms with Crippen LogP contribution in [0, 0.1) is 5.92 Å². The van der Waals surface area contributed by atoms with E-state index < -0.39 is 23.7 Å². The summed E-state index contributed by atoms with van der Waals surface area (Å²) in [4.78, 5) is 38.8. The molecule has 1 fully saturated rings. The van der Waals surface area contributed by atoms with Gasteiger partial charge in [0.15, 0.2) is 0 Å². The van der Waals surface area contributed by atoms with Gasteiger partial charge < -0.3 is 19.5 Å². The first-order chi connectivity index (χ1) is 16.2. The van der Waals surface area contributed by atoms with Gasteiger partial charge in [0, 0.05) is 19.0 Å². The predicted octanol–water partition coefficient (Wildman–Crippen LogP) is 4.87. The number of amides is 1. The lowest BCUT2D eigenvalue weighted by Crippen LogP contribution is -2.30. The van der Waals surface area contributed by atoms with Crippen molar-refractivity contribution in [2.75, 3.05) is 13.2 Å². The number of Topliss-reactive ketones (excluding diaryl/α,β-unsaturated/α-hetero) is 1. The highest BCUT2D eigenvalue weighted by atomic mass is 16.5. The summed E-state index contributed by atoms with van der Waals surface area (Å²) in [6.45, 7) is 8.28. The molecule has 7 heteroatoms. The Bertz CT molecular complexity index is 1090. The van der Waals surface area contributed by atoms with Crippen molar-refractivity contribution in [3.8, 4) is 11.5 Å². The van der Waals surface area contributed by atoms with Crippen molar-refractivity contribution in [1.82, 2.24) is 4.90 Å². The summed E-state index contributed by atoms with van der Waals surface area (Å²) in [5.74, 6) is -0.803. The van der Waals surface area contributed by atoms with Gasteiger partial charge >= 0.3 is 5.97 Å². The lowest BCUT2D eigenvalue weighted by molar-refractivity contribution is -0.139. The Balaban J connectivity index is 2.06. The van der Waals surface area contributed by atoms with Gasteiger partial charge in [0.2, 0.25) is 0 Å². The molecule has 180 valence electrons. The van der Waals surface area contributed by atoms with Gasteiger partial charge in [0.05, 0.1) is 18.2 Å². The maximum Gasteiger partial charge on any atom is 0.308 e. The summed E-state index contributed by atoms with van der Waals surface area (Å²) >= 11 is 0. The van der Waals surface area contributed by atoms with Crippen LogP contribution in [0.5, 0.6) is 11.5 Å². The average Bonchev–Trinajstić information content (AvgIpc) is 3.06. The minimum atomic E-state index is -0.752. The minimum absolute atomic E-state index is 0.0300. The van der Waals surface area contributed by atoms with Gasteiger partial charge in [-0.15, -0.1) is 0 Å². The van der Waals surface area contributed by atoms with Gasteiger partial charge in [-0.05, 0) is 42.2 Å². The second-order valence-corrected chi connectivity index (χ2v) is 8.74. The Morgan fingerprint density at radius 2 is 1.79 bits per heavy atom. The van der Waals surface area contributed by atoms with Crippen molar-refractivity contribution in [2.45, 2.75) is 46.6 Å². The monoisotopic (exact) mass is 465 g/mol. The first-order valence-corrected chi connectivity index (χ1v) is 11.5. The zero-order valence-corrected chi connectivity index (χ0v) is 20.0. The quantitative estimate of drug-likeness (QED) is 0.187. The molecule has 0 saturated carbocycles. The number of aliphatic hydroxyl groups excluding tert-OH is 1. The van der Waals surface area contributed by atoms with E-state index in [4.69, 9.17) is 9.47 Å². The number of unbranched alkanes of at least 4 members (excludes halogenated alkanes) is 1. The third-order valence-corrected chi connectivity index (χ3v) is 5.44. The first kappa shape index (κ1) is 25.0. The number of hydrogen-bond acceptors (Lipinski definition) is 6. The van der Waals surface area contributed by atoms with E-state index in [0.717, 1.165) is 6.42 Å². The molecular weight excluding hydrogens is 434 g/mol. The first-order valence-electron chi connectivity index (χ1n) is 11.5. The molecule has 1 aliphatic heterocycles. The van der Waals surface area contributed by atoms with Crippen LogP contribution < -0.4 is 9.47 Å². The van der Waals surface area contributed by atoms with E-state index >= 15 is 0 Å². The van der Waals surface area contributed by atoms with E-state index in [-0.39, 0.29) is 11.3 Å². The Hall–Kier alpha value is -3.61. The van der Waals surface area contributed by atoms with Crippen molar-refractivity contribution < 1.29 is 29.0 Å². The van der Waals surface area contributed by atoms with Crippen LogP contribution in [0.15, 0.2) is 54.1 Å². The van der Waals surface area contributed by atoms with Gasteiger partial charge in [-0.1, -0.05) is 51.5 Å². The van der Waals surface area contributed by atoms with Gasteiger partial charge in [-0.25, -0.2) is 0 Å². The highest BCUT2D eigenvalue weighted by Crippen LogP contribution is 2.40.